The molecule has 0 saturated heterocycles. The average molecular weight is 455 g/mol. The number of Topliss-reactive ketones (excluding diaryl/α,β-unsaturated/α-hetero) is 1. The number of unbranched alkanes of at least 4 members (excludes halogenated alkanes) is 1. The number of nitrogens with one attached hydrogen (secondary N) is 1. The van der Waals surface area contributed by atoms with Crippen LogP contribution in [0.3, 0.4) is 0 Å². The zero-order valence-corrected chi connectivity index (χ0v) is 20.1. The fraction of sp³-hybridized carbons (Fsp3) is 0.241. The standard InChI is InChI=1S/C29H30N2OS/c1-3-4-11-22-16-17-25(21(2)18-22)19-26(32)20-33-29-30-27(23-12-7-5-8-13-23)28(31-29)24-14-9-6-10-15-24/h5-10,12-18H,3-4,11,19-20H2,1-2H3,(H,30,31). The number of H-pyrrole nitrogens is 1. The lowest BCUT2D eigenvalue weighted by molar-refractivity contribution is -0.116. The highest BCUT2D eigenvalue weighted by atomic mass is 32.2. The number of thioether (sulfide) groups is 1. The van der Waals surface area contributed by atoms with Crippen LogP contribution in [0.4, 0.5) is 0 Å². The first kappa shape index (κ1) is 23.1. The van der Waals surface area contributed by atoms with Crippen molar-refractivity contribution in [1.82, 2.24) is 9.97 Å². The van der Waals surface area contributed by atoms with E-state index in [4.69, 9.17) is 4.98 Å². The maximum Gasteiger partial charge on any atom is 0.166 e. The summed E-state index contributed by atoms with van der Waals surface area (Å²) in [4.78, 5) is 21.1. The number of aromatic nitrogens is 2. The minimum Gasteiger partial charge on any atom is -0.332 e. The molecule has 0 aliphatic rings. The highest BCUT2D eigenvalue weighted by molar-refractivity contribution is 7.99. The highest BCUT2D eigenvalue weighted by Crippen LogP contribution is 2.32. The Labute approximate surface area is 200 Å². The van der Waals surface area contributed by atoms with Crippen molar-refractivity contribution in [3.05, 3.63) is 95.6 Å². The third-order valence-corrected chi connectivity index (χ3v) is 6.71. The van der Waals surface area contributed by atoms with Gasteiger partial charge < -0.3 is 4.98 Å². The van der Waals surface area contributed by atoms with E-state index in [1.54, 1.807) is 0 Å². The van der Waals surface area contributed by atoms with Gasteiger partial charge in [-0.25, -0.2) is 4.98 Å². The molecule has 1 N–H and O–H groups in total. The summed E-state index contributed by atoms with van der Waals surface area (Å²) in [6.45, 7) is 4.32. The Balaban J connectivity index is 1.46. The van der Waals surface area contributed by atoms with Gasteiger partial charge in [-0.15, -0.1) is 0 Å². The van der Waals surface area contributed by atoms with Gasteiger partial charge in [0.25, 0.3) is 0 Å². The number of hydrogen-bond donors (Lipinski definition) is 1. The summed E-state index contributed by atoms with van der Waals surface area (Å²) < 4.78 is 0. The number of imidazole rings is 1. The molecule has 1 aromatic heterocycles. The fourth-order valence-corrected chi connectivity index (χ4v) is 4.67. The molecule has 0 fully saturated rings. The molecule has 3 aromatic carbocycles. The van der Waals surface area contributed by atoms with Crippen LogP contribution in [0.15, 0.2) is 84.0 Å². The topological polar surface area (TPSA) is 45.8 Å². The number of carbonyl (C=O) groups excluding carboxylic acids is 1. The molecule has 1 heterocycles. The molecule has 0 amide bonds. The van der Waals surface area contributed by atoms with Gasteiger partial charge in [0.05, 0.1) is 17.1 Å². The van der Waals surface area contributed by atoms with Gasteiger partial charge in [0.1, 0.15) is 5.78 Å². The number of aromatic amines is 1. The molecule has 3 nitrogen and oxygen atoms in total. The molecular formula is C29H30N2OS. The molecule has 0 aliphatic heterocycles. The van der Waals surface area contributed by atoms with E-state index in [0.717, 1.165) is 39.7 Å². The number of carbonyl (C=O) groups is 1. The van der Waals surface area contributed by atoms with Crippen molar-refractivity contribution < 1.29 is 4.79 Å². The van der Waals surface area contributed by atoms with Crippen LogP contribution in [0, 0.1) is 6.92 Å². The molecule has 4 rings (SSSR count). The van der Waals surface area contributed by atoms with E-state index in [1.807, 2.05) is 36.4 Å². The van der Waals surface area contributed by atoms with Crippen LogP contribution in [0.25, 0.3) is 22.5 Å². The molecule has 0 bridgehead atoms. The number of rotatable bonds is 10. The van der Waals surface area contributed by atoms with Crippen molar-refractivity contribution in [2.45, 2.75) is 44.7 Å². The highest BCUT2D eigenvalue weighted by Gasteiger charge is 2.15. The summed E-state index contributed by atoms with van der Waals surface area (Å²) in [5, 5.41) is 0.771. The molecule has 0 atom stereocenters. The van der Waals surface area contributed by atoms with Gasteiger partial charge in [0.2, 0.25) is 0 Å². The van der Waals surface area contributed by atoms with E-state index in [-0.39, 0.29) is 5.78 Å². The first-order chi connectivity index (χ1) is 16.1. The van der Waals surface area contributed by atoms with E-state index in [1.165, 1.54) is 35.7 Å². The first-order valence-corrected chi connectivity index (χ1v) is 12.6. The van der Waals surface area contributed by atoms with E-state index in [0.29, 0.717) is 12.2 Å². The molecule has 4 heteroatoms. The third-order valence-electron chi connectivity index (χ3n) is 5.78. The summed E-state index contributed by atoms with van der Waals surface area (Å²) in [5.41, 5.74) is 7.72. The van der Waals surface area contributed by atoms with E-state index in [9.17, 15) is 4.79 Å². The Morgan fingerprint density at radius 3 is 2.30 bits per heavy atom. The Morgan fingerprint density at radius 2 is 1.64 bits per heavy atom. The quantitative estimate of drug-likeness (QED) is 0.256. The smallest absolute Gasteiger partial charge is 0.166 e. The second kappa shape index (κ2) is 11.2. The van der Waals surface area contributed by atoms with Gasteiger partial charge in [0.15, 0.2) is 5.16 Å². The van der Waals surface area contributed by atoms with Gasteiger partial charge in [-0.05, 0) is 36.5 Å². The van der Waals surface area contributed by atoms with E-state index >= 15 is 0 Å². The fourth-order valence-electron chi connectivity index (χ4n) is 3.94. The van der Waals surface area contributed by atoms with Crippen molar-refractivity contribution in [3.63, 3.8) is 0 Å². The predicted molar refractivity (Wildman–Crippen MR) is 139 cm³/mol. The van der Waals surface area contributed by atoms with Crippen LogP contribution in [0.2, 0.25) is 0 Å². The number of hydrogen-bond acceptors (Lipinski definition) is 3. The van der Waals surface area contributed by atoms with Gasteiger partial charge in [0, 0.05) is 17.5 Å². The molecule has 168 valence electrons. The summed E-state index contributed by atoms with van der Waals surface area (Å²) in [6, 6.07) is 26.9. The molecule has 33 heavy (non-hydrogen) atoms. The van der Waals surface area contributed by atoms with Crippen LogP contribution in [0.5, 0.6) is 0 Å². The molecule has 0 saturated carbocycles. The molecule has 4 aromatic rings. The Morgan fingerprint density at radius 1 is 0.939 bits per heavy atom. The normalized spacial score (nSPS) is 11.0. The zero-order valence-electron chi connectivity index (χ0n) is 19.3. The SMILES string of the molecule is CCCCc1ccc(CC(=O)CSc2nc(-c3ccccc3)c(-c3ccccc3)[nH]2)c(C)c1. The van der Waals surface area contributed by atoms with Crippen LogP contribution in [-0.4, -0.2) is 21.5 Å². The number of nitrogens with zero attached hydrogens (tertiary/aromatic N) is 1. The lowest BCUT2D eigenvalue weighted by Crippen LogP contribution is -2.07. The summed E-state index contributed by atoms with van der Waals surface area (Å²) in [7, 11) is 0. The number of ketones is 1. The van der Waals surface area contributed by atoms with Gasteiger partial charge >= 0.3 is 0 Å². The number of benzene rings is 3. The summed E-state index contributed by atoms with van der Waals surface area (Å²) in [5.74, 6) is 0.607. The Bertz CT molecular complexity index is 1140. The largest absolute Gasteiger partial charge is 0.332 e. The summed E-state index contributed by atoms with van der Waals surface area (Å²) in [6.07, 6.45) is 3.97. The average Bonchev–Trinajstić information content (AvgIpc) is 3.28. The number of aryl methyl sites for hydroxylation is 2. The second-order valence-electron chi connectivity index (χ2n) is 8.37. The van der Waals surface area contributed by atoms with Crippen LogP contribution in [-0.2, 0) is 17.6 Å². The van der Waals surface area contributed by atoms with Crippen LogP contribution >= 0.6 is 11.8 Å². The van der Waals surface area contributed by atoms with Crippen molar-refractivity contribution >= 4 is 17.5 Å². The second-order valence-corrected chi connectivity index (χ2v) is 9.33. The van der Waals surface area contributed by atoms with Crippen molar-refractivity contribution in [2.75, 3.05) is 5.75 Å². The minimum atomic E-state index is 0.211. The van der Waals surface area contributed by atoms with E-state index in [2.05, 4.69) is 61.3 Å². The Kier molecular flexibility index (Phi) is 7.79. The van der Waals surface area contributed by atoms with Crippen LogP contribution < -0.4 is 0 Å². The molecule has 0 spiro atoms. The third kappa shape index (κ3) is 6.02. The monoisotopic (exact) mass is 454 g/mol. The molecular weight excluding hydrogens is 424 g/mol. The maximum absolute atomic E-state index is 12.8. The lowest BCUT2D eigenvalue weighted by Gasteiger charge is -2.08. The van der Waals surface area contributed by atoms with Gasteiger partial charge in [-0.1, -0.05) is 104 Å². The first-order valence-electron chi connectivity index (χ1n) is 11.6. The minimum absolute atomic E-state index is 0.211. The van der Waals surface area contributed by atoms with Crippen molar-refractivity contribution in [1.29, 1.82) is 0 Å². The van der Waals surface area contributed by atoms with Crippen LogP contribution in [0.1, 0.15) is 36.5 Å². The zero-order chi connectivity index (χ0) is 23.0. The molecule has 0 aliphatic carbocycles. The van der Waals surface area contributed by atoms with Crippen molar-refractivity contribution in [3.8, 4) is 22.5 Å². The maximum atomic E-state index is 12.8. The Hall–Kier alpha value is -3.11. The lowest BCUT2D eigenvalue weighted by atomic mass is 9.99. The predicted octanol–water partition coefficient (Wildman–Crippen LogP) is 7.30. The molecule has 0 radical (unpaired) electrons. The van der Waals surface area contributed by atoms with Gasteiger partial charge in [-0.3, -0.25) is 4.79 Å². The molecule has 0 unspecified atom stereocenters. The van der Waals surface area contributed by atoms with Crippen molar-refractivity contribution in [2.24, 2.45) is 0 Å². The summed E-state index contributed by atoms with van der Waals surface area (Å²) >= 11 is 1.48. The van der Waals surface area contributed by atoms with E-state index < -0.39 is 0 Å². The van der Waals surface area contributed by atoms with Gasteiger partial charge in [-0.2, -0.15) is 0 Å².